The molecule has 1 fully saturated rings. The minimum atomic E-state index is 0.662. The van der Waals surface area contributed by atoms with Crippen molar-refractivity contribution in [1.82, 2.24) is 5.32 Å². The van der Waals surface area contributed by atoms with Crippen molar-refractivity contribution in [3.63, 3.8) is 0 Å². The quantitative estimate of drug-likeness (QED) is 0.869. The molecule has 100 valence electrons. The van der Waals surface area contributed by atoms with Gasteiger partial charge in [-0.1, -0.05) is 31.4 Å². The van der Waals surface area contributed by atoms with E-state index in [1.165, 1.54) is 37.7 Å². The van der Waals surface area contributed by atoms with Crippen molar-refractivity contribution in [3.05, 3.63) is 23.8 Å². The van der Waals surface area contributed by atoms with Crippen molar-refractivity contribution < 1.29 is 9.47 Å². The molecular weight excluding hydrogens is 226 g/mol. The summed E-state index contributed by atoms with van der Waals surface area (Å²) in [7, 11) is 3.37. The molecule has 0 aliphatic heterocycles. The Morgan fingerprint density at radius 3 is 2.56 bits per heavy atom. The highest BCUT2D eigenvalue weighted by Gasteiger charge is 2.14. The minimum absolute atomic E-state index is 0.662. The summed E-state index contributed by atoms with van der Waals surface area (Å²) in [4.78, 5) is 0. The van der Waals surface area contributed by atoms with E-state index in [0.717, 1.165) is 18.0 Å². The first-order valence-corrected chi connectivity index (χ1v) is 6.78. The molecule has 1 aromatic carbocycles. The number of hydrogen-bond acceptors (Lipinski definition) is 3. The lowest BCUT2D eigenvalue weighted by molar-refractivity contribution is 0.343. The van der Waals surface area contributed by atoms with Gasteiger partial charge >= 0.3 is 0 Å². The summed E-state index contributed by atoms with van der Waals surface area (Å²) in [5.41, 5.74) is 1.17. The van der Waals surface area contributed by atoms with Crippen LogP contribution in [0.5, 0.6) is 11.5 Å². The standard InChI is InChI=1S/C15H23NO2/c1-17-14-10-6-7-12(15(14)18-2)11-16-13-8-4-3-5-9-13/h6-7,10,13,16H,3-5,8-9,11H2,1-2H3. The highest BCUT2D eigenvalue weighted by molar-refractivity contribution is 5.46. The molecule has 1 aliphatic rings. The van der Waals surface area contributed by atoms with Crippen LogP contribution in [0.25, 0.3) is 0 Å². The Hall–Kier alpha value is -1.22. The van der Waals surface area contributed by atoms with Crippen LogP contribution in [0, 0.1) is 0 Å². The molecule has 1 saturated carbocycles. The number of rotatable bonds is 5. The van der Waals surface area contributed by atoms with Crippen molar-refractivity contribution in [3.8, 4) is 11.5 Å². The largest absolute Gasteiger partial charge is 0.493 e. The second-order valence-corrected chi connectivity index (χ2v) is 4.87. The van der Waals surface area contributed by atoms with Gasteiger partial charge in [-0.3, -0.25) is 0 Å². The van der Waals surface area contributed by atoms with Gasteiger partial charge in [0.05, 0.1) is 14.2 Å². The fourth-order valence-corrected chi connectivity index (χ4v) is 2.65. The summed E-state index contributed by atoms with van der Waals surface area (Å²) >= 11 is 0. The first-order chi connectivity index (χ1) is 8.85. The molecule has 18 heavy (non-hydrogen) atoms. The third kappa shape index (κ3) is 3.16. The van der Waals surface area contributed by atoms with Crippen LogP contribution in [-0.2, 0) is 6.54 Å². The van der Waals surface area contributed by atoms with Crippen LogP contribution in [0.3, 0.4) is 0 Å². The molecule has 0 radical (unpaired) electrons. The van der Waals surface area contributed by atoms with E-state index in [2.05, 4.69) is 11.4 Å². The highest BCUT2D eigenvalue weighted by Crippen LogP contribution is 2.30. The maximum atomic E-state index is 5.44. The second kappa shape index (κ2) is 6.64. The van der Waals surface area contributed by atoms with Gasteiger partial charge in [-0.15, -0.1) is 0 Å². The van der Waals surface area contributed by atoms with Crippen LogP contribution < -0.4 is 14.8 Å². The summed E-state index contributed by atoms with van der Waals surface area (Å²) in [6.45, 7) is 0.852. The van der Waals surface area contributed by atoms with E-state index < -0.39 is 0 Å². The molecule has 1 aliphatic carbocycles. The monoisotopic (exact) mass is 249 g/mol. The lowest BCUT2D eigenvalue weighted by Crippen LogP contribution is -2.30. The summed E-state index contributed by atoms with van der Waals surface area (Å²) in [6, 6.07) is 6.70. The van der Waals surface area contributed by atoms with E-state index in [1.54, 1.807) is 14.2 Å². The molecule has 3 heteroatoms. The van der Waals surface area contributed by atoms with Gasteiger partial charge in [0.2, 0.25) is 0 Å². The molecular formula is C15H23NO2. The summed E-state index contributed by atoms with van der Waals surface area (Å²) in [5.74, 6) is 1.66. The molecule has 0 atom stereocenters. The van der Waals surface area contributed by atoms with Crippen molar-refractivity contribution in [1.29, 1.82) is 0 Å². The average molecular weight is 249 g/mol. The number of methoxy groups -OCH3 is 2. The average Bonchev–Trinajstić information content (AvgIpc) is 2.45. The Bertz CT molecular complexity index is 373. The van der Waals surface area contributed by atoms with Crippen molar-refractivity contribution in [2.45, 2.75) is 44.7 Å². The zero-order valence-electron chi connectivity index (χ0n) is 11.4. The maximum Gasteiger partial charge on any atom is 0.165 e. The molecule has 3 nitrogen and oxygen atoms in total. The minimum Gasteiger partial charge on any atom is -0.493 e. The SMILES string of the molecule is COc1cccc(CNC2CCCCC2)c1OC. The van der Waals surface area contributed by atoms with E-state index in [-0.39, 0.29) is 0 Å². The van der Waals surface area contributed by atoms with E-state index >= 15 is 0 Å². The molecule has 1 aromatic rings. The van der Waals surface area contributed by atoms with Crippen molar-refractivity contribution in [2.24, 2.45) is 0 Å². The number of ether oxygens (including phenoxy) is 2. The number of para-hydroxylation sites is 1. The number of hydrogen-bond donors (Lipinski definition) is 1. The molecule has 0 bridgehead atoms. The van der Waals surface area contributed by atoms with Crippen molar-refractivity contribution in [2.75, 3.05) is 14.2 Å². The maximum absolute atomic E-state index is 5.44. The van der Waals surface area contributed by atoms with Crippen LogP contribution in [-0.4, -0.2) is 20.3 Å². The smallest absolute Gasteiger partial charge is 0.165 e. The first kappa shape index (κ1) is 13.2. The predicted octanol–water partition coefficient (Wildman–Crippen LogP) is 3.13. The third-order valence-electron chi connectivity index (χ3n) is 3.67. The van der Waals surface area contributed by atoms with E-state index in [1.807, 2.05) is 12.1 Å². The highest BCUT2D eigenvalue weighted by atomic mass is 16.5. The van der Waals surface area contributed by atoms with E-state index in [9.17, 15) is 0 Å². The molecule has 0 amide bonds. The van der Waals surface area contributed by atoms with Gasteiger partial charge in [0.15, 0.2) is 11.5 Å². The zero-order chi connectivity index (χ0) is 12.8. The van der Waals surface area contributed by atoms with Gasteiger partial charge in [-0.25, -0.2) is 0 Å². The topological polar surface area (TPSA) is 30.5 Å². The Morgan fingerprint density at radius 2 is 1.89 bits per heavy atom. The van der Waals surface area contributed by atoms with Gasteiger partial charge in [0.1, 0.15) is 0 Å². The Morgan fingerprint density at radius 1 is 1.11 bits per heavy atom. The van der Waals surface area contributed by atoms with E-state index in [4.69, 9.17) is 9.47 Å². The Labute approximate surface area is 109 Å². The summed E-state index contributed by atoms with van der Waals surface area (Å²) in [5, 5.41) is 3.63. The van der Waals surface area contributed by atoms with Gasteiger partial charge < -0.3 is 14.8 Å². The lowest BCUT2D eigenvalue weighted by Gasteiger charge is -2.23. The third-order valence-corrected chi connectivity index (χ3v) is 3.67. The fourth-order valence-electron chi connectivity index (χ4n) is 2.65. The van der Waals surface area contributed by atoms with Crippen LogP contribution in [0.1, 0.15) is 37.7 Å². The molecule has 0 heterocycles. The Kier molecular flexibility index (Phi) is 4.88. The summed E-state index contributed by atoms with van der Waals surface area (Å²) in [6.07, 6.45) is 6.69. The van der Waals surface area contributed by atoms with Crippen molar-refractivity contribution >= 4 is 0 Å². The molecule has 0 unspecified atom stereocenters. The normalized spacial score (nSPS) is 16.6. The molecule has 0 spiro atoms. The van der Waals surface area contributed by atoms with Crippen LogP contribution in [0.4, 0.5) is 0 Å². The van der Waals surface area contributed by atoms with Gasteiger partial charge in [0.25, 0.3) is 0 Å². The molecule has 0 saturated heterocycles. The molecule has 0 aromatic heterocycles. The van der Waals surface area contributed by atoms with Crippen LogP contribution in [0.15, 0.2) is 18.2 Å². The lowest BCUT2D eigenvalue weighted by atomic mass is 9.95. The summed E-state index contributed by atoms with van der Waals surface area (Å²) < 4.78 is 10.8. The predicted molar refractivity (Wildman–Crippen MR) is 73.3 cm³/mol. The van der Waals surface area contributed by atoms with Gasteiger partial charge in [-0.2, -0.15) is 0 Å². The van der Waals surface area contributed by atoms with Crippen LogP contribution in [0.2, 0.25) is 0 Å². The number of nitrogens with one attached hydrogen (secondary N) is 1. The van der Waals surface area contributed by atoms with Crippen LogP contribution >= 0.6 is 0 Å². The molecule has 1 N–H and O–H groups in total. The molecule has 2 rings (SSSR count). The first-order valence-electron chi connectivity index (χ1n) is 6.78. The van der Waals surface area contributed by atoms with E-state index in [0.29, 0.717) is 6.04 Å². The Balaban J connectivity index is 1.99. The second-order valence-electron chi connectivity index (χ2n) is 4.87. The number of benzene rings is 1. The fraction of sp³-hybridized carbons (Fsp3) is 0.600. The van der Waals surface area contributed by atoms with Gasteiger partial charge in [-0.05, 0) is 18.9 Å². The van der Waals surface area contributed by atoms with Gasteiger partial charge in [0, 0.05) is 18.2 Å². The zero-order valence-corrected chi connectivity index (χ0v) is 11.4.